The molecule has 1 N–H and O–H groups in total. The number of aromatic nitrogens is 3. The average Bonchev–Trinajstić information content (AvgIpc) is 2.84. The van der Waals surface area contributed by atoms with E-state index in [0.29, 0.717) is 0 Å². The molecule has 0 atom stereocenters. The number of hydrogen-bond donors (Lipinski definition) is 1. The third kappa shape index (κ3) is 6.24. The molecule has 1 aromatic carbocycles. The first-order valence-electron chi connectivity index (χ1n) is 11.6. The average molecular weight is 478 g/mol. The minimum Gasteiger partial charge on any atom is -0.506 e. The van der Waals surface area contributed by atoms with Gasteiger partial charge in [-0.3, -0.25) is 9.88 Å². The topological polar surface area (TPSA) is 101 Å². The van der Waals surface area contributed by atoms with Crippen molar-refractivity contribution >= 4 is 11.8 Å². The van der Waals surface area contributed by atoms with Gasteiger partial charge in [0.2, 0.25) is 0 Å². The predicted octanol–water partition coefficient (Wildman–Crippen LogP) is 3.53. The summed E-state index contributed by atoms with van der Waals surface area (Å²) in [4.78, 5) is 20.8. The van der Waals surface area contributed by atoms with Gasteiger partial charge in [0, 0.05) is 50.0 Å². The Labute approximate surface area is 205 Å². The summed E-state index contributed by atoms with van der Waals surface area (Å²) in [5.41, 5.74) is 2.51. The molecule has 0 saturated carbocycles. The second-order valence-corrected chi connectivity index (χ2v) is 9.50. The third-order valence-corrected chi connectivity index (χ3v) is 5.69. The monoisotopic (exact) mass is 477 g/mol. The van der Waals surface area contributed by atoms with Crippen molar-refractivity contribution in [2.45, 2.75) is 32.9 Å². The summed E-state index contributed by atoms with van der Waals surface area (Å²) in [5.74, 6) is 1.21. The zero-order valence-corrected chi connectivity index (χ0v) is 20.6. The second-order valence-electron chi connectivity index (χ2n) is 9.50. The van der Waals surface area contributed by atoms with Gasteiger partial charge in [0.25, 0.3) is 0 Å². The van der Waals surface area contributed by atoms with Crippen LogP contribution in [0, 0.1) is 0 Å². The fourth-order valence-electron chi connectivity index (χ4n) is 3.95. The summed E-state index contributed by atoms with van der Waals surface area (Å²) in [6.07, 6.45) is 3.13. The molecule has 1 aliphatic rings. The maximum absolute atomic E-state index is 12.2. The molecule has 4 rings (SSSR count). The first-order valence-corrected chi connectivity index (χ1v) is 11.6. The Morgan fingerprint density at radius 2 is 1.77 bits per heavy atom. The van der Waals surface area contributed by atoms with Crippen molar-refractivity contribution in [3.63, 3.8) is 0 Å². The third-order valence-electron chi connectivity index (χ3n) is 5.69. The van der Waals surface area contributed by atoms with Crippen molar-refractivity contribution in [2.75, 3.05) is 38.2 Å². The molecule has 0 bridgehead atoms. The molecule has 1 fully saturated rings. The van der Waals surface area contributed by atoms with E-state index in [1.54, 1.807) is 25.4 Å². The highest BCUT2D eigenvalue weighted by molar-refractivity contribution is 5.87. The molecular formula is C26H31N5O4. The number of rotatable bonds is 6. The number of methoxy groups -OCH3 is 1. The molecule has 0 amide bonds. The Morgan fingerprint density at radius 1 is 1.00 bits per heavy atom. The van der Waals surface area contributed by atoms with Crippen LogP contribution >= 0.6 is 0 Å². The largest absolute Gasteiger partial charge is 0.506 e. The van der Waals surface area contributed by atoms with Gasteiger partial charge in [-0.05, 0) is 50.6 Å². The first kappa shape index (κ1) is 24.4. The van der Waals surface area contributed by atoms with E-state index in [1.807, 2.05) is 39.0 Å². The van der Waals surface area contributed by atoms with Crippen LogP contribution in [0.4, 0.5) is 5.82 Å². The summed E-state index contributed by atoms with van der Waals surface area (Å²) in [6.45, 7) is 9.55. The van der Waals surface area contributed by atoms with Gasteiger partial charge in [-0.2, -0.15) is 0 Å². The normalized spacial score (nSPS) is 14.6. The van der Waals surface area contributed by atoms with E-state index in [2.05, 4.69) is 31.0 Å². The fourth-order valence-corrected chi connectivity index (χ4v) is 3.95. The Bertz CT molecular complexity index is 1170. The van der Waals surface area contributed by atoms with Gasteiger partial charge in [0.1, 0.15) is 17.1 Å². The Kier molecular flexibility index (Phi) is 7.16. The Balaban J connectivity index is 1.36. The summed E-state index contributed by atoms with van der Waals surface area (Å²) in [5, 5.41) is 18.0. The minimum absolute atomic E-state index is 0.132. The van der Waals surface area contributed by atoms with E-state index in [4.69, 9.17) is 9.47 Å². The van der Waals surface area contributed by atoms with Crippen LogP contribution in [0.3, 0.4) is 0 Å². The van der Waals surface area contributed by atoms with Crippen LogP contribution in [-0.4, -0.2) is 70.0 Å². The molecule has 2 aromatic heterocycles. The minimum atomic E-state index is -0.571. The van der Waals surface area contributed by atoms with E-state index < -0.39 is 11.6 Å². The highest BCUT2D eigenvalue weighted by Gasteiger charge is 2.22. The molecule has 35 heavy (non-hydrogen) atoms. The van der Waals surface area contributed by atoms with Gasteiger partial charge in [-0.25, -0.2) is 4.79 Å². The van der Waals surface area contributed by atoms with Crippen LogP contribution in [0.1, 0.15) is 36.8 Å². The molecule has 0 spiro atoms. The molecule has 3 aromatic rings. The SMILES string of the molecule is COc1cc(-c2cncc(O)c2)ccc1CN1CCN(c2ccc(C(=O)OC(C)(C)C)nn2)CC1. The number of piperazine rings is 1. The molecule has 9 heteroatoms. The maximum atomic E-state index is 12.2. The molecule has 1 saturated heterocycles. The van der Waals surface area contributed by atoms with Gasteiger partial charge in [0.05, 0.1) is 13.3 Å². The fraction of sp³-hybridized carbons (Fsp3) is 0.385. The molecule has 1 aliphatic heterocycles. The molecule has 0 radical (unpaired) electrons. The Morgan fingerprint density at radius 3 is 2.40 bits per heavy atom. The van der Waals surface area contributed by atoms with Crippen LogP contribution in [0.2, 0.25) is 0 Å². The zero-order valence-electron chi connectivity index (χ0n) is 20.6. The number of ether oxygens (including phenoxy) is 2. The highest BCUT2D eigenvalue weighted by Crippen LogP contribution is 2.29. The van der Waals surface area contributed by atoms with Crippen molar-refractivity contribution in [3.8, 4) is 22.6 Å². The van der Waals surface area contributed by atoms with E-state index in [-0.39, 0.29) is 11.4 Å². The number of anilines is 1. The van der Waals surface area contributed by atoms with Crippen molar-refractivity contribution < 1.29 is 19.4 Å². The van der Waals surface area contributed by atoms with Crippen molar-refractivity contribution in [1.82, 2.24) is 20.1 Å². The summed E-state index contributed by atoms with van der Waals surface area (Å²) in [6, 6.07) is 11.2. The highest BCUT2D eigenvalue weighted by atomic mass is 16.6. The molecule has 184 valence electrons. The number of pyridine rings is 1. The van der Waals surface area contributed by atoms with Gasteiger partial charge in [-0.15, -0.1) is 10.2 Å². The van der Waals surface area contributed by atoms with E-state index in [9.17, 15) is 9.90 Å². The van der Waals surface area contributed by atoms with E-state index >= 15 is 0 Å². The van der Waals surface area contributed by atoms with Crippen LogP contribution < -0.4 is 9.64 Å². The maximum Gasteiger partial charge on any atom is 0.359 e. The number of hydrogen-bond acceptors (Lipinski definition) is 9. The lowest BCUT2D eigenvalue weighted by molar-refractivity contribution is 0.00616. The van der Waals surface area contributed by atoms with Crippen molar-refractivity contribution in [1.29, 1.82) is 0 Å². The smallest absolute Gasteiger partial charge is 0.359 e. The lowest BCUT2D eigenvalue weighted by Gasteiger charge is -2.35. The number of esters is 1. The number of benzene rings is 1. The van der Waals surface area contributed by atoms with E-state index in [1.165, 1.54) is 6.20 Å². The Hall–Kier alpha value is -3.72. The first-order chi connectivity index (χ1) is 16.7. The quantitative estimate of drug-likeness (QED) is 0.534. The molecule has 9 nitrogen and oxygen atoms in total. The summed E-state index contributed by atoms with van der Waals surface area (Å²) < 4.78 is 11.0. The van der Waals surface area contributed by atoms with Crippen LogP contribution in [0.25, 0.3) is 11.1 Å². The number of aromatic hydroxyl groups is 1. The van der Waals surface area contributed by atoms with Crippen molar-refractivity contribution in [3.05, 3.63) is 60.0 Å². The van der Waals surface area contributed by atoms with Crippen LogP contribution in [0.15, 0.2) is 48.8 Å². The number of nitrogens with zero attached hydrogens (tertiary/aromatic N) is 5. The number of carbonyl (C=O) groups is 1. The van der Waals surface area contributed by atoms with Gasteiger partial charge in [-0.1, -0.05) is 12.1 Å². The summed E-state index contributed by atoms with van der Waals surface area (Å²) >= 11 is 0. The molecule has 0 unspecified atom stereocenters. The summed E-state index contributed by atoms with van der Waals surface area (Å²) in [7, 11) is 1.67. The van der Waals surface area contributed by atoms with Crippen LogP contribution in [-0.2, 0) is 11.3 Å². The van der Waals surface area contributed by atoms with Gasteiger partial charge < -0.3 is 19.5 Å². The molecular weight excluding hydrogens is 446 g/mol. The van der Waals surface area contributed by atoms with Crippen molar-refractivity contribution in [2.24, 2.45) is 0 Å². The lowest BCUT2D eigenvalue weighted by Crippen LogP contribution is -2.46. The predicted molar refractivity (Wildman–Crippen MR) is 133 cm³/mol. The molecule has 3 heterocycles. The number of carbonyl (C=O) groups excluding carboxylic acids is 1. The standard InChI is InChI=1S/C26H31N5O4/c1-26(2,3)35-25(33)22-7-8-24(29-28-22)31-11-9-30(10-12-31)17-19-6-5-18(14-23(19)34-4)20-13-21(32)16-27-15-20/h5-8,13-16,32H,9-12,17H2,1-4H3. The van der Waals surface area contributed by atoms with E-state index in [0.717, 1.165) is 61.0 Å². The van der Waals surface area contributed by atoms with Gasteiger partial charge in [0.15, 0.2) is 11.5 Å². The molecule has 0 aliphatic carbocycles. The second kappa shape index (κ2) is 10.3. The van der Waals surface area contributed by atoms with Crippen LogP contribution in [0.5, 0.6) is 11.5 Å². The zero-order chi connectivity index (χ0) is 25.0. The van der Waals surface area contributed by atoms with Gasteiger partial charge >= 0.3 is 5.97 Å². The lowest BCUT2D eigenvalue weighted by atomic mass is 10.0.